The van der Waals surface area contributed by atoms with E-state index in [1.807, 2.05) is 0 Å². The first-order valence-corrected chi connectivity index (χ1v) is 27.8. The van der Waals surface area contributed by atoms with E-state index in [9.17, 15) is 0 Å². The second-order valence-electron chi connectivity index (χ2n) is 20.6. The first kappa shape index (κ1) is 48.1. The number of fused-ring (bicyclic) bond motifs is 6. The first-order valence-electron chi connectivity index (χ1n) is 27.8. The number of anilines is 6. The van der Waals surface area contributed by atoms with Crippen LogP contribution in [0.5, 0.6) is 0 Å². The molecule has 3 heterocycles. The molecule has 0 fully saturated rings. The van der Waals surface area contributed by atoms with Crippen molar-refractivity contribution in [3.05, 3.63) is 316 Å². The van der Waals surface area contributed by atoms with Crippen molar-refractivity contribution in [3.63, 3.8) is 0 Å². The monoisotopic (exact) mass is 1050 g/mol. The molecule has 0 saturated heterocycles. The Kier molecular flexibility index (Phi) is 12.1. The van der Waals surface area contributed by atoms with Gasteiger partial charge in [0.1, 0.15) is 0 Å². The van der Waals surface area contributed by atoms with Crippen LogP contribution in [0.2, 0.25) is 0 Å². The van der Waals surface area contributed by atoms with Crippen LogP contribution in [-0.2, 0) is 0 Å². The lowest BCUT2D eigenvalue weighted by molar-refractivity contribution is 1.18. The summed E-state index contributed by atoms with van der Waals surface area (Å²) in [5.74, 6) is 0. The summed E-state index contributed by atoms with van der Waals surface area (Å²) < 4.78 is 4.73. The minimum atomic E-state index is 0.810. The Morgan fingerprint density at radius 3 is 0.866 bits per heavy atom. The van der Waals surface area contributed by atoms with Crippen LogP contribution in [0.3, 0.4) is 0 Å². The lowest BCUT2D eigenvalue weighted by atomic mass is 10.0. The number of rotatable bonds is 12. The number of hydrogen-bond acceptors (Lipinski definition) is 4. The Morgan fingerprint density at radius 2 is 0.500 bits per heavy atom. The predicted octanol–water partition coefficient (Wildman–Crippen LogP) is 20.3. The highest BCUT2D eigenvalue weighted by molar-refractivity contribution is 6.12. The molecule has 82 heavy (non-hydrogen) atoms. The fourth-order valence-electron chi connectivity index (χ4n) is 12.0. The van der Waals surface area contributed by atoms with Crippen LogP contribution in [0.25, 0.3) is 99.8 Å². The molecule has 15 aromatic rings. The SMILES string of the molecule is c1ccc(-c2ccc(N(c3ccc(-c4nccnc4-c4ccc(N(c5ccc(-c6ccccc6)cc5)c5ccc6c(c5)c5ccccc5n6-c5ccccc5)cc4)cc3)c3ccc4c(c3)c3ccccc3n4-c3ccccc3)cc2)cc1. The number of benzene rings is 12. The molecule has 0 aliphatic carbocycles. The molecule has 0 spiro atoms. The number of para-hydroxylation sites is 4. The van der Waals surface area contributed by atoms with Gasteiger partial charge in [-0.1, -0.05) is 182 Å². The molecule has 12 aromatic carbocycles. The molecule has 0 saturated carbocycles. The van der Waals surface area contributed by atoms with E-state index in [0.717, 1.165) is 79.0 Å². The normalized spacial score (nSPS) is 11.4. The van der Waals surface area contributed by atoms with E-state index >= 15 is 0 Å². The molecule has 0 N–H and O–H groups in total. The molecule has 0 bridgehead atoms. The fourth-order valence-corrected chi connectivity index (χ4v) is 12.0. The van der Waals surface area contributed by atoms with Crippen LogP contribution in [-0.4, -0.2) is 19.1 Å². The van der Waals surface area contributed by atoms with Gasteiger partial charge in [-0.3, -0.25) is 9.97 Å². The quantitative estimate of drug-likeness (QED) is 0.122. The van der Waals surface area contributed by atoms with E-state index in [1.54, 1.807) is 12.4 Å². The molecular formula is C76H52N6. The van der Waals surface area contributed by atoms with E-state index in [1.165, 1.54) is 54.8 Å². The van der Waals surface area contributed by atoms with Crippen LogP contribution in [0, 0.1) is 0 Å². The second kappa shape index (κ2) is 20.6. The van der Waals surface area contributed by atoms with Gasteiger partial charge < -0.3 is 18.9 Å². The summed E-state index contributed by atoms with van der Waals surface area (Å²) in [5.41, 5.74) is 21.5. The molecule has 0 aliphatic rings. The average molecular weight is 1050 g/mol. The van der Waals surface area contributed by atoms with Crippen molar-refractivity contribution in [2.45, 2.75) is 0 Å². The lowest BCUT2D eigenvalue weighted by Gasteiger charge is -2.26. The summed E-state index contributed by atoms with van der Waals surface area (Å²) in [5, 5.41) is 4.78. The maximum atomic E-state index is 5.02. The standard InChI is InChI=1S/C76H52N6/c1-5-17-53(18-6-1)55-29-37-61(38-30-55)79(65-45-47-73-69(51-65)67-25-13-15-27-71(67)81(73)59-21-9-3-10-22-59)63-41-33-57(34-42-63)75-76(78-50-49-77-75)58-35-43-64(44-36-58)80(62-39-31-56(32-40-62)54-19-7-2-8-20-54)66-46-48-74-70(52-66)68-26-14-16-28-72(68)82(74)60-23-11-4-12-24-60/h1-52H. The number of nitrogens with zero attached hydrogens (tertiary/aromatic N) is 6. The van der Waals surface area contributed by atoms with Gasteiger partial charge in [-0.05, 0) is 144 Å². The molecule has 3 aromatic heterocycles. The van der Waals surface area contributed by atoms with E-state index in [2.05, 4.69) is 322 Å². The van der Waals surface area contributed by atoms with Crippen molar-refractivity contribution >= 4 is 77.7 Å². The fraction of sp³-hybridized carbons (Fsp3) is 0. The van der Waals surface area contributed by atoms with Crippen molar-refractivity contribution in [1.29, 1.82) is 0 Å². The van der Waals surface area contributed by atoms with Crippen molar-refractivity contribution in [3.8, 4) is 56.1 Å². The molecule has 0 unspecified atom stereocenters. The average Bonchev–Trinajstić information content (AvgIpc) is 3.71. The Morgan fingerprint density at radius 1 is 0.220 bits per heavy atom. The molecule has 6 nitrogen and oxygen atoms in total. The number of hydrogen-bond donors (Lipinski definition) is 0. The third kappa shape index (κ3) is 8.63. The van der Waals surface area contributed by atoms with Gasteiger partial charge >= 0.3 is 0 Å². The minimum Gasteiger partial charge on any atom is -0.310 e. The Hall–Kier alpha value is -11.1. The summed E-state index contributed by atoms with van der Waals surface area (Å²) in [6.45, 7) is 0. The van der Waals surface area contributed by atoms with Crippen molar-refractivity contribution in [1.82, 2.24) is 19.1 Å². The molecule has 6 heteroatoms. The third-order valence-corrected chi connectivity index (χ3v) is 15.8. The zero-order valence-electron chi connectivity index (χ0n) is 44.7. The first-order chi connectivity index (χ1) is 40.7. The molecule has 0 radical (unpaired) electrons. The van der Waals surface area contributed by atoms with Crippen molar-refractivity contribution in [2.75, 3.05) is 9.80 Å². The van der Waals surface area contributed by atoms with Gasteiger partial charge in [0.25, 0.3) is 0 Å². The lowest BCUT2D eigenvalue weighted by Crippen LogP contribution is -2.10. The van der Waals surface area contributed by atoms with Crippen LogP contribution < -0.4 is 9.80 Å². The smallest absolute Gasteiger partial charge is 0.0965 e. The maximum absolute atomic E-state index is 5.02. The topological polar surface area (TPSA) is 42.1 Å². The molecule has 15 rings (SSSR count). The summed E-state index contributed by atoms with van der Waals surface area (Å²) in [6, 6.07) is 109. The van der Waals surface area contributed by atoms with Gasteiger partial charge in [-0.2, -0.15) is 0 Å². The maximum Gasteiger partial charge on any atom is 0.0965 e. The van der Waals surface area contributed by atoms with Gasteiger partial charge in [-0.15, -0.1) is 0 Å². The molecule has 0 atom stereocenters. The van der Waals surface area contributed by atoms with Crippen LogP contribution in [0.1, 0.15) is 0 Å². The van der Waals surface area contributed by atoms with Gasteiger partial charge in [-0.25, -0.2) is 0 Å². The van der Waals surface area contributed by atoms with Crippen LogP contribution in [0.4, 0.5) is 34.1 Å². The van der Waals surface area contributed by atoms with E-state index < -0.39 is 0 Å². The van der Waals surface area contributed by atoms with Crippen molar-refractivity contribution in [2.24, 2.45) is 0 Å². The zero-order valence-corrected chi connectivity index (χ0v) is 44.7. The largest absolute Gasteiger partial charge is 0.310 e. The highest BCUT2D eigenvalue weighted by Crippen LogP contribution is 2.44. The summed E-state index contributed by atoms with van der Waals surface area (Å²) >= 11 is 0. The highest BCUT2D eigenvalue weighted by Gasteiger charge is 2.21. The summed E-state index contributed by atoms with van der Waals surface area (Å²) in [4.78, 5) is 14.7. The van der Waals surface area contributed by atoms with E-state index in [4.69, 9.17) is 9.97 Å². The van der Waals surface area contributed by atoms with Crippen LogP contribution >= 0.6 is 0 Å². The molecule has 0 aliphatic heterocycles. The van der Waals surface area contributed by atoms with Crippen molar-refractivity contribution < 1.29 is 0 Å². The van der Waals surface area contributed by atoms with Gasteiger partial charge in [0.05, 0.1) is 33.5 Å². The molecule has 386 valence electrons. The Labute approximate surface area is 476 Å². The summed E-state index contributed by atoms with van der Waals surface area (Å²) in [7, 11) is 0. The molecule has 0 amide bonds. The summed E-state index contributed by atoms with van der Waals surface area (Å²) in [6.07, 6.45) is 3.57. The van der Waals surface area contributed by atoms with Gasteiger partial charge in [0.2, 0.25) is 0 Å². The van der Waals surface area contributed by atoms with Crippen LogP contribution in [0.15, 0.2) is 316 Å². The zero-order chi connectivity index (χ0) is 54.3. The third-order valence-electron chi connectivity index (χ3n) is 15.8. The van der Waals surface area contributed by atoms with E-state index in [-0.39, 0.29) is 0 Å². The highest BCUT2D eigenvalue weighted by atomic mass is 15.1. The second-order valence-corrected chi connectivity index (χ2v) is 20.6. The van der Waals surface area contributed by atoms with Gasteiger partial charge in [0.15, 0.2) is 0 Å². The van der Waals surface area contributed by atoms with Gasteiger partial charge in [0, 0.05) is 90.6 Å². The van der Waals surface area contributed by atoms with E-state index in [0.29, 0.717) is 0 Å². The molecular weight excluding hydrogens is 997 g/mol. The Bertz CT molecular complexity index is 4440. The minimum absolute atomic E-state index is 0.810. The number of aromatic nitrogens is 4. The Balaban J connectivity index is 0.799. The predicted molar refractivity (Wildman–Crippen MR) is 342 cm³/mol.